The van der Waals surface area contributed by atoms with E-state index in [0.29, 0.717) is 0 Å². The molecule has 0 spiro atoms. The highest BCUT2D eigenvalue weighted by Crippen LogP contribution is 2.36. The smallest absolute Gasteiger partial charge is 0.0358 e. The van der Waals surface area contributed by atoms with Crippen molar-refractivity contribution in [3.8, 4) is 0 Å². The Morgan fingerprint density at radius 1 is 0.917 bits per heavy atom. The number of thiophene rings is 1. The molecule has 1 aliphatic carbocycles. The van der Waals surface area contributed by atoms with Crippen LogP contribution in [0.3, 0.4) is 0 Å². The van der Waals surface area contributed by atoms with Crippen molar-refractivity contribution in [2.45, 2.75) is 13.3 Å². The summed E-state index contributed by atoms with van der Waals surface area (Å²) in [4.78, 5) is 1.45. The lowest BCUT2D eigenvalue weighted by molar-refractivity contribution is 1.37. The molecule has 0 atom stereocenters. The van der Waals surface area contributed by atoms with Crippen LogP contribution in [0.15, 0.2) is 48.5 Å². The first-order chi connectivity index (χ1) is 11.7. The zero-order valence-corrected chi connectivity index (χ0v) is 14.3. The standard InChI is InChI=1S/C22H17NS/c1-13-2-3-15-10-19-20-11-16-4-6-18(23)9-17(16)12-22(20)24-21(19)7-5-14(15)8-13/h2-6,8-12H,7,23H2,1H3. The third kappa shape index (κ3) is 2.07. The van der Waals surface area contributed by atoms with E-state index in [0.717, 1.165) is 12.1 Å². The molecule has 0 bridgehead atoms. The Balaban J connectivity index is 1.85. The summed E-state index contributed by atoms with van der Waals surface area (Å²) >= 11 is 1.91. The molecule has 0 amide bonds. The average Bonchev–Trinajstić information content (AvgIpc) is 2.78. The molecule has 0 saturated carbocycles. The maximum absolute atomic E-state index is 5.94. The van der Waals surface area contributed by atoms with Crippen LogP contribution in [0.2, 0.25) is 0 Å². The molecule has 1 nitrogen and oxygen atoms in total. The quantitative estimate of drug-likeness (QED) is 0.483. The van der Waals surface area contributed by atoms with Crippen molar-refractivity contribution in [1.82, 2.24) is 0 Å². The summed E-state index contributed by atoms with van der Waals surface area (Å²) in [6.45, 7) is 2.15. The van der Waals surface area contributed by atoms with E-state index in [1.54, 1.807) is 0 Å². The molecule has 1 aliphatic rings. The number of nitrogen functional groups attached to an aromatic ring is 1. The average molecular weight is 327 g/mol. The molecule has 0 aliphatic heterocycles. The predicted molar refractivity (Wildman–Crippen MR) is 106 cm³/mol. The Bertz CT molecular complexity index is 1240. The number of nitrogens with two attached hydrogens (primary N) is 1. The van der Waals surface area contributed by atoms with Crippen LogP contribution >= 0.6 is 11.3 Å². The molecule has 0 fully saturated rings. The van der Waals surface area contributed by atoms with Gasteiger partial charge in [-0.05, 0) is 64.0 Å². The fraction of sp³-hybridized carbons (Fsp3) is 0.0909. The highest BCUT2D eigenvalue weighted by Gasteiger charge is 2.12. The summed E-state index contributed by atoms with van der Waals surface area (Å²) in [5.74, 6) is 0. The van der Waals surface area contributed by atoms with E-state index < -0.39 is 0 Å². The number of fused-ring (bicyclic) bond motifs is 5. The predicted octanol–water partition coefficient (Wildman–Crippen LogP) is 4.11. The maximum Gasteiger partial charge on any atom is 0.0358 e. The van der Waals surface area contributed by atoms with Gasteiger partial charge in [0.1, 0.15) is 0 Å². The van der Waals surface area contributed by atoms with Gasteiger partial charge >= 0.3 is 0 Å². The van der Waals surface area contributed by atoms with Crippen LogP contribution in [0.4, 0.5) is 5.69 Å². The van der Waals surface area contributed by atoms with Crippen LogP contribution < -0.4 is 16.2 Å². The molecular weight excluding hydrogens is 310 g/mol. The number of aryl methyl sites for hydroxylation is 1. The Kier molecular flexibility index (Phi) is 2.85. The summed E-state index contributed by atoms with van der Waals surface area (Å²) in [6, 6.07) is 17.5. The molecule has 116 valence electrons. The van der Waals surface area contributed by atoms with E-state index in [2.05, 4.69) is 61.5 Å². The van der Waals surface area contributed by atoms with Gasteiger partial charge in [0, 0.05) is 27.1 Å². The van der Waals surface area contributed by atoms with Crippen molar-refractivity contribution in [2.24, 2.45) is 0 Å². The summed E-state index contributed by atoms with van der Waals surface area (Å²) in [5.41, 5.74) is 9.47. The van der Waals surface area contributed by atoms with E-state index in [9.17, 15) is 0 Å². The SMILES string of the molecule is Cc1ccc2c(c1)=CCc1sc3cc4cc(N)ccc4cc3c1C=2. The first-order valence-corrected chi connectivity index (χ1v) is 9.02. The number of anilines is 1. The van der Waals surface area contributed by atoms with Crippen LogP contribution in [0, 0.1) is 6.92 Å². The third-order valence-corrected chi connectivity index (χ3v) is 6.03. The largest absolute Gasteiger partial charge is 0.399 e. The van der Waals surface area contributed by atoms with Gasteiger partial charge in [0.15, 0.2) is 0 Å². The van der Waals surface area contributed by atoms with Crippen molar-refractivity contribution in [3.05, 3.63) is 75.0 Å². The minimum atomic E-state index is 0.823. The summed E-state index contributed by atoms with van der Waals surface area (Å²) in [6.07, 6.45) is 5.72. The van der Waals surface area contributed by atoms with E-state index in [1.165, 1.54) is 47.3 Å². The van der Waals surface area contributed by atoms with Crippen LogP contribution in [-0.4, -0.2) is 0 Å². The third-order valence-electron chi connectivity index (χ3n) is 4.84. The molecule has 0 saturated heterocycles. The lowest BCUT2D eigenvalue weighted by atomic mass is 10.0. The fourth-order valence-corrected chi connectivity index (χ4v) is 4.77. The van der Waals surface area contributed by atoms with Crippen LogP contribution in [0.25, 0.3) is 33.0 Å². The number of hydrogen-bond donors (Lipinski definition) is 1. The summed E-state index contributed by atoms with van der Waals surface area (Å²) in [5, 5.41) is 6.49. The summed E-state index contributed by atoms with van der Waals surface area (Å²) in [7, 11) is 0. The minimum Gasteiger partial charge on any atom is -0.399 e. The van der Waals surface area contributed by atoms with E-state index in [4.69, 9.17) is 5.73 Å². The molecule has 4 aromatic rings. The van der Waals surface area contributed by atoms with Crippen LogP contribution in [0.1, 0.15) is 16.0 Å². The zero-order chi connectivity index (χ0) is 16.3. The second-order valence-corrected chi connectivity index (χ2v) is 7.72. The number of rotatable bonds is 0. The molecule has 1 aromatic heterocycles. The molecule has 2 N–H and O–H groups in total. The number of hydrogen-bond acceptors (Lipinski definition) is 2. The fourth-order valence-electron chi connectivity index (χ4n) is 3.60. The van der Waals surface area contributed by atoms with Crippen molar-refractivity contribution in [1.29, 1.82) is 0 Å². The first-order valence-electron chi connectivity index (χ1n) is 8.21. The number of benzene rings is 3. The van der Waals surface area contributed by atoms with Gasteiger partial charge in [0.25, 0.3) is 0 Å². The highest BCUT2D eigenvalue weighted by molar-refractivity contribution is 7.19. The molecule has 5 rings (SSSR count). The van der Waals surface area contributed by atoms with E-state index >= 15 is 0 Å². The van der Waals surface area contributed by atoms with E-state index in [1.807, 2.05) is 17.4 Å². The van der Waals surface area contributed by atoms with E-state index in [-0.39, 0.29) is 0 Å². The first kappa shape index (κ1) is 13.8. The van der Waals surface area contributed by atoms with Gasteiger partial charge in [-0.15, -0.1) is 11.3 Å². The van der Waals surface area contributed by atoms with Gasteiger partial charge in [-0.1, -0.05) is 35.9 Å². The monoisotopic (exact) mass is 327 g/mol. The zero-order valence-electron chi connectivity index (χ0n) is 13.5. The minimum absolute atomic E-state index is 0.823. The lowest BCUT2D eigenvalue weighted by Gasteiger charge is -2.01. The normalized spacial score (nSPS) is 13.0. The lowest BCUT2D eigenvalue weighted by Crippen LogP contribution is -2.23. The van der Waals surface area contributed by atoms with Gasteiger partial charge in [0.05, 0.1) is 0 Å². The van der Waals surface area contributed by atoms with Crippen LogP contribution in [-0.2, 0) is 6.42 Å². The van der Waals surface area contributed by atoms with Gasteiger partial charge < -0.3 is 5.73 Å². The Hall–Kier alpha value is -2.58. The molecule has 0 radical (unpaired) electrons. The van der Waals surface area contributed by atoms with Gasteiger partial charge in [-0.2, -0.15) is 0 Å². The van der Waals surface area contributed by atoms with Crippen molar-refractivity contribution in [2.75, 3.05) is 5.73 Å². The topological polar surface area (TPSA) is 26.0 Å². The van der Waals surface area contributed by atoms with Gasteiger partial charge in [-0.3, -0.25) is 0 Å². The Morgan fingerprint density at radius 2 is 1.83 bits per heavy atom. The van der Waals surface area contributed by atoms with Gasteiger partial charge in [0.2, 0.25) is 0 Å². The molecular formula is C22H17NS. The molecule has 0 unspecified atom stereocenters. The molecule has 2 heteroatoms. The van der Waals surface area contributed by atoms with Crippen LogP contribution in [0.5, 0.6) is 0 Å². The van der Waals surface area contributed by atoms with Crippen molar-refractivity contribution < 1.29 is 0 Å². The molecule has 1 heterocycles. The second-order valence-electron chi connectivity index (χ2n) is 6.58. The van der Waals surface area contributed by atoms with Gasteiger partial charge in [-0.25, -0.2) is 0 Å². The second kappa shape index (κ2) is 4.96. The van der Waals surface area contributed by atoms with Crippen molar-refractivity contribution >= 4 is 50.0 Å². The Labute approximate surface area is 144 Å². The summed E-state index contributed by atoms with van der Waals surface area (Å²) < 4.78 is 1.35. The molecule has 24 heavy (non-hydrogen) atoms. The maximum atomic E-state index is 5.94. The molecule has 3 aromatic carbocycles. The van der Waals surface area contributed by atoms with Crippen molar-refractivity contribution in [3.63, 3.8) is 0 Å². The highest BCUT2D eigenvalue weighted by atomic mass is 32.1. The Morgan fingerprint density at radius 3 is 2.75 bits per heavy atom.